The van der Waals surface area contributed by atoms with E-state index in [0.29, 0.717) is 22.7 Å². The van der Waals surface area contributed by atoms with Crippen molar-refractivity contribution in [2.24, 2.45) is 0 Å². The number of carbonyl (C=O) groups is 1. The van der Waals surface area contributed by atoms with Gasteiger partial charge >= 0.3 is 7.82 Å². The molecule has 226 valence electrons. The number of hydrogen-bond acceptors (Lipinski definition) is 6. The molecule has 1 aromatic heterocycles. The number of aryl methyl sites for hydroxylation is 1. The summed E-state index contributed by atoms with van der Waals surface area (Å²) in [6, 6.07) is 5.31. The van der Waals surface area contributed by atoms with E-state index in [1.54, 1.807) is 49.1 Å². The maximum atomic E-state index is 14.0. The topological polar surface area (TPSA) is 135 Å². The van der Waals surface area contributed by atoms with E-state index in [0.717, 1.165) is 12.1 Å². The van der Waals surface area contributed by atoms with Gasteiger partial charge in [-0.1, -0.05) is 6.07 Å². The number of morpholine rings is 1. The van der Waals surface area contributed by atoms with Crippen molar-refractivity contribution in [2.45, 2.75) is 45.8 Å². The number of methoxy groups -OCH3 is 1. The van der Waals surface area contributed by atoms with Crippen LogP contribution in [0.25, 0.3) is 11.8 Å². The molecule has 15 heteroatoms. The number of aliphatic hydroxyl groups excluding tert-OH is 1. The number of phosphoric acid groups is 1. The van der Waals surface area contributed by atoms with Crippen LogP contribution in [-0.2, 0) is 25.4 Å². The highest BCUT2D eigenvalue weighted by Crippen LogP contribution is 2.36. The maximum Gasteiger partial charge on any atom is 0.472 e. The van der Waals surface area contributed by atoms with E-state index in [9.17, 15) is 27.6 Å². The van der Waals surface area contributed by atoms with Crippen LogP contribution in [0, 0.1) is 24.4 Å². The molecule has 0 aliphatic carbocycles. The second-order valence-corrected chi connectivity index (χ2v) is 11.1. The molecule has 4 rings (SSSR count). The predicted molar refractivity (Wildman–Crippen MR) is 141 cm³/mol. The van der Waals surface area contributed by atoms with Gasteiger partial charge in [0.2, 0.25) is 6.73 Å². The molecule has 0 spiro atoms. The predicted octanol–water partition coefficient (Wildman–Crippen LogP) is 3.28. The quantitative estimate of drug-likeness (QED) is 0.145. The first-order valence-corrected chi connectivity index (χ1v) is 14.2. The Morgan fingerprint density at radius 3 is 2.48 bits per heavy atom. The lowest BCUT2D eigenvalue weighted by Crippen LogP contribution is -2.48. The fourth-order valence-electron chi connectivity index (χ4n) is 4.71. The fourth-order valence-corrected chi connectivity index (χ4v) is 4.98. The molecule has 2 aromatic carbocycles. The van der Waals surface area contributed by atoms with Gasteiger partial charge < -0.3 is 29.3 Å². The second-order valence-electron chi connectivity index (χ2n) is 9.82. The minimum absolute atomic E-state index is 0.00662. The van der Waals surface area contributed by atoms with Gasteiger partial charge in [-0.25, -0.2) is 26.8 Å². The van der Waals surface area contributed by atoms with Crippen LogP contribution in [-0.4, -0.2) is 56.1 Å². The minimum Gasteiger partial charge on any atom is -0.492 e. The molecular weight excluding hydrogens is 582 g/mol. The zero-order chi connectivity index (χ0) is 30.9. The summed E-state index contributed by atoms with van der Waals surface area (Å²) in [6.07, 6.45) is 2.90. The van der Waals surface area contributed by atoms with Crippen molar-refractivity contribution in [1.29, 1.82) is 0 Å². The summed E-state index contributed by atoms with van der Waals surface area (Å²) in [5, 5.41) is 10.5. The second kappa shape index (κ2) is 12.3. The molecule has 1 fully saturated rings. The van der Waals surface area contributed by atoms with Gasteiger partial charge in [-0.3, -0.25) is 4.79 Å². The molecular formula is C27H30F3N3O8P+. The number of amides is 1. The first-order chi connectivity index (χ1) is 19.7. The molecule has 3 aromatic rings. The summed E-state index contributed by atoms with van der Waals surface area (Å²) in [5.41, 5.74) is 1.60. The summed E-state index contributed by atoms with van der Waals surface area (Å²) in [7, 11) is -3.23. The third kappa shape index (κ3) is 6.85. The zero-order valence-electron chi connectivity index (χ0n) is 23.1. The zero-order valence-corrected chi connectivity index (χ0v) is 24.0. The Hall–Kier alpha value is -3.68. The Morgan fingerprint density at radius 1 is 1.21 bits per heavy atom. The molecule has 3 N–H and O–H groups in total. The molecule has 0 radical (unpaired) electrons. The van der Waals surface area contributed by atoms with Crippen LogP contribution in [0.2, 0.25) is 0 Å². The van der Waals surface area contributed by atoms with Crippen molar-refractivity contribution in [2.75, 3.05) is 13.7 Å². The van der Waals surface area contributed by atoms with Gasteiger partial charge in [0.15, 0.2) is 34.6 Å². The lowest BCUT2D eigenvalue weighted by Gasteiger charge is -2.39. The Kier molecular flexibility index (Phi) is 9.14. The van der Waals surface area contributed by atoms with Gasteiger partial charge in [0.1, 0.15) is 18.0 Å². The number of nitrogens with zero attached hydrogens (tertiary/aromatic N) is 3. The van der Waals surface area contributed by atoms with Gasteiger partial charge in [-0.05, 0) is 55.3 Å². The molecule has 1 aliphatic rings. The number of aromatic nitrogens is 2. The maximum absolute atomic E-state index is 14.0. The molecule has 1 aliphatic heterocycles. The van der Waals surface area contributed by atoms with Crippen LogP contribution >= 0.6 is 7.82 Å². The standard InChI is InChI=1S/C27H29F3N3O8P/c1-15-11-31(13-32(15)14-40-42(36,37)38)22-6-5-18(7-23(22)39-4)8-24-27(35)33(12-16(2)41-24)26(17(3)34)19-9-20(28)25(30)21(29)10-19/h5-11,13,16-17,26,34H,12,14H2,1-4H3,(H-,36,37,38)/p+1/t16-,17+,26-/m0/s1. The Morgan fingerprint density at radius 2 is 1.88 bits per heavy atom. The number of imidazole rings is 1. The largest absolute Gasteiger partial charge is 0.492 e. The van der Waals surface area contributed by atoms with Gasteiger partial charge in [0.25, 0.3) is 12.2 Å². The van der Waals surface area contributed by atoms with Crippen LogP contribution in [0.3, 0.4) is 0 Å². The van der Waals surface area contributed by atoms with Gasteiger partial charge in [0, 0.05) is 6.92 Å². The van der Waals surface area contributed by atoms with Crippen molar-refractivity contribution in [3.05, 3.63) is 82.9 Å². The number of benzene rings is 2. The van der Waals surface area contributed by atoms with Crippen LogP contribution in [0.1, 0.15) is 36.7 Å². The van der Waals surface area contributed by atoms with E-state index < -0.39 is 49.4 Å². The number of phosphoric ester groups is 1. The molecule has 0 saturated carbocycles. The minimum atomic E-state index is -4.67. The molecule has 2 heterocycles. The highest BCUT2D eigenvalue weighted by atomic mass is 31.2. The number of rotatable bonds is 9. The summed E-state index contributed by atoms with van der Waals surface area (Å²) in [6.45, 7) is 4.37. The van der Waals surface area contributed by atoms with Gasteiger partial charge in [0.05, 0.1) is 25.8 Å². The number of halogens is 3. The average Bonchev–Trinajstić information content (AvgIpc) is 3.28. The monoisotopic (exact) mass is 612 g/mol. The van der Waals surface area contributed by atoms with Gasteiger partial charge in [-0.15, -0.1) is 0 Å². The highest BCUT2D eigenvalue weighted by Gasteiger charge is 2.37. The van der Waals surface area contributed by atoms with Crippen molar-refractivity contribution in [3.8, 4) is 11.4 Å². The van der Waals surface area contributed by atoms with Crippen LogP contribution in [0.15, 0.2) is 48.6 Å². The Balaban J connectivity index is 1.65. The molecule has 11 nitrogen and oxygen atoms in total. The third-order valence-electron chi connectivity index (χ3n) is 6.58. The summed E-state index contributed by atoms with van der Waals surface area (Å²) < 4.78 is 71.7. The Labute approximate surface area is 239 Å². The SMILES string of the molecule is COc1cc(C=C2O[C@@H](C)CN([C@H](c3cc(F)c(F)c(F)c3)[C@@H](C)O)C2=O)ccc1-[n+]1cc(C)n(COP(=O)(O)O)c1. The summed E-state index contributed by atoms with van der Waals surface area (Å²) >= 11 is 0. The van der Waals surface area contributed by atoms with Gasteiger partial charge in [-0.2, -0.15) is 4.57 Å². The van der Waals surface area contributed by atoms with E-state index in [1.165, 1.54) is 29.6 Å². The first-order valence-electron chi connectivity index (χ1n) is 12.7. The average molecular weight is 613 g/mol. The molecule has 42 heavy (non-hydrogen) atoms. The van der Waals surface area contributed by atoms with Crippen molar-refractivity contribution in [3.63, 3.8) is 0 Å². The molecule has 1 amide bonds. The van der Waals surface area contributed by atoms with Crippen molar-refractivity contribution < 1.29 is 56.0 Å². The number of aliphatic hydroxyl groups is 1. The smallest absolute Gasteiger partial charge is 0.472 e. The third-order valence-corrected chi connectivity index (χ3v) is 7.03. The van der Waals surface area contributed by atoms with E-state index in [2.05, 4.69) is 4.52 Å². The van der Waals surface area contributed by atoms with E-state index in [-0.39, 0.29) is 24.6 Å². The van der Waals surface area contributed by atoms with E-state index in [1.807, 2.05) is 0 Å². The van der Waals surface area contributed by atoms with Crippen LogP contribution in [0.4, 0.5) is 13.2 Å². The number of carbonyl (C=O) groups excluding carboxylic acids is 1. The fraction of sp³-hybridized carbons (Fsp3) is 0.333. The van der Waals surface area contributed by atoms with Crippen LogP contribution in [0.5, 0.6) is 5.75 Å². The van der Waals surface area contributed by atoms with E-state index >= 15 is 0 Å². The van der Waals surface area contributed by atoms with E-state index in [4.69, 9.17) is 19.3 Å². The van der Waals surface area contributed by atoms with Crippen molar-refractivity contribution in [1.82, 2.24) is 9.47 Å². The lowest BCUT2D eigenvalue weighted by molar-refractivity contribution is -0.596. The molecule has 0 bridgehead atoms. The normalized spacial score (nSPS) is 18.2. The number of hydrogen-bond donors (Lipinski definition) is 3. The Bertz CT molecular complexity index is 1550. The summed E-state index contributed by atoms with van der Waals surface area (Å²) in [5.74, 6) is -4.90. The highest BCUT2D eigenvalue weighted by molar-refractivity contribution is 7.46. The van der Waals surface area contributed by atoms with Crippen LogP contribution < -0.4 is 9.30 Å². The first kappa shape index (κ1) is 31.3. The lowest BCUT2D eigenvalue weighted by atomic mass is 9.98. The molecule has 0 unspecified atom stereocenters. The number of ether oxygens (including phenoxy) is 2. The summed E-state index contributed by atoms with van der Waals surface area (Å²) in [4.78, 5) is 32.7. The van der Waals surface area contributed by atoms with Crippen molar-refractivity contribution >= 4 is 19.8 Å². The molecule has 1 saturated heterocycles. The molecule has 3 atom stereocenters.